The Kier molecular flexibility index (Phi) is 5.04. The van der Waals surface area contributed by atoms with Gasteiger partial charge in [-0.2, -0.15) is 18.3 Å². The van der Waals surface area contributed by atoms with Crippen molar-refractivity contribution in [3.05, 3.63) is 47.8 Å². The Morgan fingerprint density at radius 1 is 1.27 bits per heavy atom. The van der Waals surface area contributed by atoms with Gasteiger partial charge in [-0.05, 0) is 49.9 Å². The van der Waals surface area contributed by atoms with Crippen molar-refractivity contribution in [2.24, 2.45) is 11.7 Å². The van der Waals surface area contributed by atoms with E-state index in [9.17, 15) is 18.0 Å². The van der Waals surface area contributed by atoms with Gasteiger partial charge in [-0.3, -0.25) is 4.79 Å². The molecule has 1 amide bonds. The third-order valence-corrected chi connectivity index (χ3v) is 4.81. The van der Waals surface area contributed by atoms with Crippen LogP contribution in [0.5, 0.6) is 0 Å². The van der Waals surface area contributed by atoms with Crippen LogP contribution in [0.15, 0.2) is 36.5 Å². The Morgan fingerprint density at radius 2 is 1.96 bits per heavy atom. The Balaban J connectivity index is 1.75. The van der Waals surface area contributed by atoms with E-state index in [-0.39, 0.29) is 11.9 Å². The number of amides is 1. The second-order valence-electron chi connectivity index (χ2n) is 6.68. The number of nitrogens with zero attached hydrogens (tertiary/aromatic N) is 3. The number of alkyl halides is 3. The lowest BCUT2D eigenvalue weighted by Crippen LogP contribution is -2.42. The first kappa shape index (κ1) is 18.4. The Morgan fingerprint density at radius 3 is 2.54 bits per heavy atom. The molecule has 8 heteroatoms. The van der Waals surface area contributed by atoms with Crippen LogP contribution < -0.4 is 5.73 Å². The van der Waals surface area contributed by atoms with Gasteiger partial charge in [-0.1, -0.05) is 6.07 Å². The number of benzene rings is 1. The lowest BCUT2D eigenvalue weighted by molar-refractivity contribution is -0.141. The summed E-state index contributed by atoms with van der Waals surface area (Å²) in [4.78, 5) is 14.5. The number of halogens is 3. The summed E-state index contributed by atoms with van der Waals surface area (Å²) in [6.45, 7) is 3.25. The zero-order chi connectivity index (χ0) is 18.9. The van der Waals surface area contributed by atoms with E-state index in [2.05, 4.69) is 5.10 Å². The van der Waals surface area contributed by atoms with Gasteiger partial charge in [-0.25, -0.2) is 4.68 Å². The standard InChI is InChI=1S/C18H21F3N4O/c1-12(22)13-5-8-24(9-6-13)17(26)14-3-2-4-15(11-14)25-10-7-16(23-25)18(19,20)21/h2-4,7,10-13H,5-6,8-9,22H2,1H3. The summed E-state index contributed by atoms with van der Waals surface area (Å²) in [6.07, 6.45) is -1.54. The second kappa shape index (κ2) is 7.11. The number of aromatic nitrogens is 2. The van der Waals surface area contributed by atoms with Crippen LogP contribution in [0.1, 0.15) is 35.8 Å². The highest BCUT2D eigenvalue weighted by Gasteiger charge is 2.33. The molecule has 1 atom stereocenters. The van der Waals surface area contributed by atoms with Crippen LogP contribution in [0.3, 0.4) is 0 Å². The Labute approximate surface area is 149 Å². The zero-order valence-electron chi connectivity index (χ0n) is 14.4. The molecule has 1 aliphatic rings. The SMILES string of the molecule is CC(N)C1CCN(C(=O)c2cccc(-n3ccc(C(F)(F)F)n3)c2)CC1. The molecule has 0 bridgehead atoms. The lowest BCUT2D eigenvalue weighted by Gasteiger charge is -2.33. The molecule has 2 aromatic rings. The van der Waals surface area contributed by atoms with E-state index in [4.69, 9.17) is 5.73 Å². The average Bonchev–Trinajstić information content (AvgIpc) is 3.12. The third kappa shape index (κ3) is 3.90. The molecule has 0 spiro atoms. The predicted molar refractivity (Wildman–Crippen MR) is 90.8 cm³/mol. The first-order valence-electron chi connectivity index (χ1n) is 8.54. The summed E-state index contributed by atoms with van der Waals surface area (Å²) >= 11 is 0. The van der Waals surface area contributed by atoms with Crippen molar-refractivity contribution >= 4 is 5.91 Å². The van der Waals surface area contributed by atoms with Crippen LogP contribution >= 0.6 is 0 Å². The minimum absolute atomic E-state index is 0.109. The van der Waals surface area contributed by atoms with Gasteiger partial charge in [-0.15, -0.1) is 0 Å². The van der Waals surface area contributed by atoms with Crippen molar-refractivity contribution < 1.29 is 18.0 Å². The maximum atomic E-state index is 12.7. The van der Waals surface area contributed by atoms with Gasteiger partial charge in [0.2, 0.25) is 0 Å². The van der Waals surface area contributed by atoms with Crippen LogP contribution in [-0.2, 0) is 6.18 Å². The van der Waals surface area contributed by atoms with Gasteiger partial charge in [0, 0.05) is 30.9 Å². The molecule has 1 aromatic carbocycles. The number of carbonyl (C=O) groups excluding carboxylic acids is 1. The first-order chi connectivity index (χ1) is 12.3. The summed E-state index contributed by atoms with van der Waals surface area (Å²) in [5, 5.41) is 3.55. The van der Waals surface area contributed by atoms with Crippen LogP contribution in [0.25, 0.3) is 5.69 Å². The molecule has 5 nitrogen and oxygen atoms in total. The quantitative estimate of drug-likeness (QED) is 0.908. The maximum absolute atomic E-state index is 12.7. The molecule has 0 aliphatic carbocycles. The van der Waals surface area contributed by atoms with Crippen molar-refractivity contribution in [1.82, 2.24) is 14.7 Å². The highest BCUT2D eigenvalue weighted by atomic mass is 19.4. The largest absolute Gasteiger partial charge is 0.435 e. The molecule has 1 fully saturated rings. The highest BCUT2D eigenvalue weighted by molar-refractivity contribution is 5.94. The second-order valence-corrected chi connectivity index (χ2v) is 6.68. The van der Waals surface area contributed by atoms with Gasteiger partial charge < -0.3 is 10.6 Å². The molecule has 2 N–H and O–H groups in total. The summed E-state index contributed by atoms with van der Waals surface area (Å²) in [5.74, 6) is 0.286. The van der Waals surface area contributed by atoms with E-state index in [1.54, 1.807) is 29.2 Å². The van der Waals surface area contributed by atoms with Gasteiger partial charge in [0.1, 0.15) is 0 Å². The smallest absolute Gasteiger partial charge is 0.339 e. The van der Waals surface area contributed by atoms with Crippen molar-refractivity contribution in [3.63, 3.8) is 0 Å². The Hall–Kier alpha value is -2.35. The first-order valence-corrected chi connectivity index (χ1v) is 8.54. The van der Waals surface area contributed by atoms with Crippen LogP contribution in [0.2, 0.25) is 0 Å². The van der Waals surface area contributed by atoms with Gasteiger partial charge in [0.05, 0.1) is 5.69 Å². The molecular formula is C18H21F3N4O. The van der Waals surface area contributed by atoms with Gasteiger partial charge >= 0.3 is 6.18 Å². The molecule has 1 aromatic heterocycles. The van der Waals surface area contributed by atoms with E-state index in [1.165, 1.54) is 6.20 Å². The number of nitrogens with two attached hydrogens (primary N) is 1. The molecular weight excluding hydrogens is 345 g/mol. The third-order valence-electron chi connectivity index (χ3n) is 4.81. The fourth-order valence-electron chi connectivity index (χ4n) is 3.21. The molecule has 1 aliphatic heterocycles. The molecule has 3 rings (SSSR count). The molecule has 1 saturated heterocycles. The van der Waals surface area contributed by atoms with Gasteiger partial charge in [0.15, 0.2) is 5.69 Å². The van der Waals surface area contributed by atoms with E-state index in [1.807, 2.05) is 6.92 Å². The summed E-state index contributed by atoms with van der Waals surface area (Å²) in [5.41, 5.74) is 5.81. The average molecular weight is 366 g/mol. The van der Waals surface area contributed by atoms with Crippen LogP contribution in [0.4, 0.5) is 13.2 Å². The lowest BCUT2D eigenvalue weighted by atomic mass is 9.90. The maximum Gasteiger partial charge on any atom is 0.435 e. The normalized spacial score (nSPS) is 17.3. The molecule has 26 heavy (non-hydrogen) atoms. The zero-order valence-corrected chi connectivity index (χ0v) is 14.4. The highest BCUT2D eigenvalue weighted by Crippen LogP contribution is 2.28. The van der Waals surface area contributed by atoms with Gasteiger partial charge in [0.25, 0.3) is 5.91 Å². The van der Waals surface area contributed by atoms with E-state index >= 15 is 0 Å². The van der Waals surface area contributed by atoms with Crippen LogP contribution in [0, 0.1) is 5.92 Å². The van der Waals surface area contributed by atoms with Crippen LogP contribution in [-0.4, -0.2) is 39.7 Å². The Bertz CT molecular complexity index is 777. The molecule has 140 valence electrons. The number of piperidine rings is 1. The summed E-state index contributed by atoms with van der Waals surface area (Å²) in [7, 11) is 0. The minimum Gasteiger partial charge on any atom is -0.339 e. The number of hydrogen-bond donors (Lipinski definition) is 1. The minimum atomic E-state index is -4.50. The molecule has 0 saturated carbocycles. The molecule has 2 heterocycles. The van der Waals surface area contributed by atoms with Crippen molar-refractivity contribution in [2.75, 3.05) is 13.1 Å². The number of rotatable bonds is 3. The van der Waals surface area contributed by atoms with Crippen molar-refractivity contribution in [2.45, 2.75) is 32.0 Å². The number of carbonyl (C=O) groups is 1. The summed E-state index contributed by atoms with van der Waals surface area (Å²) in [6, 6.07) is 7.51. The van der Waals surface area contributed by atoms with Crippen molar-refractivity contribution in [3.8, 4) is 5.69 Å². The fraction of sp³-hybridized carbons (Fsp3) is 0.444. The monoisotopic (exact) mass is 366 g/mol. The van der Waals surface area contributed by atoms with E-state index in [0.717, 1.165) is 23.6 Å². The predicted octanol–water partition coefficient (Wildman–Crippen LogP) is 3.09. The van der Waals surface area contributed by atoms with E-state index < -0.39 is 11.9 Å². The fourth-order valence-corrected chi connectivity index (χ4v) is 3.21. The van der Waals surface area contributed by atoms with Crippen molar-refractivity contribution in [1.29, 1.82) is 0 Å². The number of likely N-dealkylation sites (tertiary alicyclic amines) is 1. The topological polar surface area (TPSA) is 64.2 Å². The number of hydrogen-bond acceptors (Lipinski definition) is 3. The van der Waals surface area contributed by atoms with E-state index in [0.29, 0.717) is 30.3 Å². The molecule has 1 unspecified atom stereocenters. The molecule has 0 radical (unpaired) electrons. The summed E-state index contributed by atoms with van der Waals surface area (Å²) < 4.78 is 39.3.